The van der Waals surface area contributed by atoms with Gasteiger partial charge in [0.05, 0.1) is 99.8 Å². The summed E-state index contributed by atoms with van der Waals surface area (Å²) < 4.78 is 110. The maximum Gasteiger partial charge on any atom is 1.00 e. The molecule has 0 saturated heterocycles. The van der Waals surface area contributed by atoms with Gasteiger partial charge in [0.15, 0.2) is 0 Å². The SMILES string of the molecule is CCO[C@@H](CO)COS(=O)(=O)c1ccc(C)cc1.Cc1nc(=N)[nH]c(=O)[n-]1.Cc1nc(N)[n+](C[C@@H](CO)OCP(=O)(OC(C)C)OC(C)C)c(=O)[nH]1.Cc1nc(N)nc(=O)n1C[C@@H](CO)OCP(=O)(O)O.Cc1nc(N)nc(=O)n1C[C@@H](CO)OCP(=O)(OC(C)C)OC(C)C.[Na+]. The van der Waals surface area contributed by atoms with Crippen LogP contribution in [0.4, 0.5) is 17.8 Å². The van der Waals surface area contributed by atoms with Gasteiger partial charge in [-0.25, -0.2) is 29.3 Å². The van der Waals surface area contributed by atoms with Crippen LogP contribution in [0.1, 0.15) is 91.2 Å². The van der Waals surface area contributed by atoms with E-state index in [1.165, 1.54) is 23.6 Å². The van der Waals surface area contributed by atoms with Crippen molar-refractivity contribution in [2.45, 2.75) is 170 Å². The fraction of sp³-hybridized carbons (Fsp3) is 0.654. The first-order valence-electron chi connectivity index (χ1n) is 29.2. The summed E-state index contributed by atoms with van der Waals surface area (Å²) in [5.41, 5.74) is 15.0. The number of nitrogens with two attached hydrogens (primary N) is 3. The molecule has 0 radical (unpaired) electrons. The van der Waals surface area contributed by atoms with Crippen LogP contribution >= 0.6 is 22.8 Å². The van der Waals surface area contributed by atoms with E-state index < -0.39 is 106 Å². The van der Waals surface area contributed by atoms with Crippen molar-refractivity contribution in [2.24, 2.45) is 0 Å². The maximum absolute atomic E-state index is 12.7. The first-order chi connectivity index (χ1) is 44.5. The molecule has 0 aliphatic rings. The van der Waals surface area contributed by atoms with E-state index in [0.29, 0.717) is 24.1 Å². The average Bonchev–Trinajstić information content (AvgIpc) is 0.872. The Bertz CT molecular complexity index is 3580. The summed E-state index contributed by atoms with van der Waals surface area (Å²) in [5, 5.41) is 43.9. The molecule has 5 rings (SSSR count). The van der Waals surface area contributed by atoms with Gasteiger partial charge in [0.1, 0.15) is 42.9 Å². The molecule has 45 heteroatoms. The van der Waals surface area contributed by atoms with Crippen LogP contribution in [0.3, 0.4) is 0 Å². The van der Waals surface area contributed by atoms with Crippen LogP contribution in [0.15, 0.2) is 48.3 Å². The predicted molar refractivity (Wildman–Crippen MR) is 343 cm³/mol. The Labute approximate surface area is 581 Å². The molecule has 0 aliphatic carbocycles. The molecule has 0 bridgehead atoms. The smallest absolute Gasteiger partial charge is 0.394 e. The minimum Gasteiger partial charge on any atom is -0.394 e. The van der Waals surface area contributed by atoms with Crippen molar-refractivity contribution < 1.29 is 128 Å². The Morgan fingerprint density at radius 1 is 0.608 bits per heavy atom. The fourth-order valence-corrected chi connectivity index (χ4v) is 12.3. The van der Waals surface area contributed by atoms with Crippen LogP contribution in [-0.4, -0.2) is 195 Å². The molecule has 0 unspecified atom stereocenters. The molecule has 0 amide bonds. The molecule has 4 heterocycles. The van der Waals surface area contributed by atoms with Gasteiger partial charge >= 0.3 is 75.4 Å². The monoisotopic (exact) mass is 1470 g/mol. The topological polar surface area (TPSA) is 597 Å². The van der Waals surface area contributed by atoms with Gasteiger partial charge in [0.2, 0.25) is 23.4 Å². The molecule has 0 saturated carbocycles. The summed E-state index contributed by atoms with van der Waals surface area (Å²) in [6.45, 7) is 22.1. The van der Waals surface area contributed by atoms with Gasteiger partial charge in [0.25, 0.3) is 10.1 Å². The van der Waals surface area contributed by atoms with Crippen molar-refractivity contribution in [2.75, 3.05) is 75.9 Å². The molecule has 4 atom stereocenters. The number of anilines is 3. The van der Waals surface area contributed by atoms with E-state index >= 15 is 0 Å². The molecule has 15 N–H and O–H groups in total. The number of rotatable bonds is 33. The summed E-state index contributed by atoms with van der Waals surface area (Å²) in [6.07, 6.45) is -6.09. The molecular formula is C52H93N16NaO24P3S+. The van der Waals surface area contributed by atoms with Gasteiger partial charge in [-0.3, -0.25) is 37.2 Å². The van der Waals surface area contributed by atoms with E-state index in [2.05, 4.69) is 44.9 Å². The number of aliphatic hydroxyl groups excluding tert-OH is 4. The van der Waals surface area contributed by atoms with Gasteiger partial charge in [-0.2, -0.15) is 23.0 Å². The van der Waals surface area contributed by atoms with E-state index in [4.69, 9.17) is 83.8 Å². The number of hydrogen-bond donors (Lipinski definition) is 12. The van der Waals surface area contributed by atoms with Crippen molar-refractivity contribution in [3.05, 3.63) is 101 Å². The van der Waals surface area contributed by atoms with Crippen molar-refractivity contribution >= 4 is 50.8 Å². The van der Waals surface area contributed by atoms with Crippen LogP contribution < -0.4 is 84.7 Å². The number of benzene rings is 1. The number of aryl methyl sites for hydroxylation is 5. The van der Waals surface area contributed by atoms with Crippen LogP contribution in [0.25, 0.3) is 0 Å². The van der Waals surface area contributed by atoms with Crippen molar-refractivity contribution in [1.29, 1.82) is 5.41 Å². The number of H-pyrrole nitrogens is 2. The Balaban J connectivity index is 0.00000122. The second kappa shape index (κ2) is 44.8. The standard InChI is InChI=1S/2C14H27N4O6P.C12H18O5S.C8H15N4O6P.C4H6N4O.Na/c1-9(2)23-25(21,24-10(3)4)8-22-12(7-19)6-18-11(5)16-13(15)17-14(18)20;1-9(2)23-25(21,24-10(3)4)8-22-12(7-19)6-18-13(15)16-11(5)17-14(18)20;1-3-16-11(8-13)9-17-18(14,15)12-6-4-10(2)5-7-12;1-5-10-7(9)11-8(14)12(5)2-6(3-13)18-4-19(15,16)17;1-2-6-3(5)8-4(9)7-2;/h9-10,12,19H,6-8H2,1-5H3,(H2,15,17,20);9-10,12,19H,6-8H2,1-5H3,(H2,15,16,17,20);4-7,11,13H,3,8-9H2,1-2H3;6,13H,2-4H2,1H3,(H2,9,11,14)(H2,15,16,17);1H3,(H3,5,6,7,8,9);/q;;;;;+1/t2*12-;11-;6-;;/m0000../s1. The van der Waals surface area contributed by atoms with Gasteiger partial charge < -0.3 is 99.4 Å². The van der Waals surface area contributed by atoms with E-state index in [1.807, 2.05) is 6.92 Å². The first-order valence-corrected chi connectivity index (χ1v) is 35.9. The zero-order chi connectivity index (χ0) is 73.5. The second-order valence-electron chi connectivity index (χ2n) is 21.3. The molecule has 0 spiro atoms. The summed E-state index contributed by atoms with van der Waals surface area (Å²) in [5.74, 6) is 0.985. The van der Waals surface area contributed by atoms with Crippen molar-refractivity contribution in [3.8, 4) is 0 Å². The second-order valence-corrected chi connectivity index (χ2v) is 28.3. The Morgan fingerprint density at radius 2 is 1.02 bits per heavy atom. The largest absolute Gasteiger partial charge is 1.00 e. The number of hydrogen-bond acceptors (Lipinski definition) is 32. The van der Waals surface area contributed by atoms with Gasteiger partial charge in [-0.15, -0.1) is 0 Å². The van der Waals surface area contributed by atoms with Crippen molar-refractivity contribution in [1.82, 2.24) is 54.0 Å². The first kappa shape index (κ1) is 91.7. The summed E-state index contributed by atoms with van der Waals surface area (Å²) >= 11 is 0. The number of ether oxygens (including phenoxy) is 4. The zero-order valence-corrected chi connectivity index (χ0v) is 62.4. The Hall–Kier alpha value is -5.30. The molecule has 546 valence electrons. The molecule has 40 nitrogen and oxygen atoms in total. The van der Waals surface area contributed by atoms with Gasteiger partial charge in [-0.05, 0) is 108 Å². The number of nitrogen functional groups attached to an aromatic ring is 3. The number of aliphatic hydroxyl groups is 4. The summed E-state index contributed by atoms with van der Waals surface area (Å²) in [6, 6.07) is 6.36. The number of aromatic nitrogens is 12. The van der Waals surface area contributed by atoms with Crippen LogP contribution in [-0.2, 0) is 84.7 Å². The Kier molecular flexibility index (Phi) is 42.3. The molecule has 5 aromatic rings. The van der Waals surface area contributed by atoms with E-state index in [9.17, 15) is 51.5 Å². The maximum atomic E-state index is 12.7. The Morgan fingerprint density at radius 3 is 1.37 bits per heavy atom. The van der Waals surface area contributed by atoms with E-state index in [1.54, 1.807) is 95.2 Å². The fourth-order valence-electron chi connectivity index (χ4n) is 7.25. The molecular weight excluding hydrogens is 1380 g/mol. The number of aromatic amines is 2. The third kappa shape index (κ3) is 37.6. The van der Waals surface area contributed by atoms with E-state index in [0.717, 1.165) is 14.7 Å². The van der Waals surface area contributed by atoms with Crippen molar-refractivity contribution in [3.63, 3.8) is 0 Å². The number of nitrogens with zero attached hydrogens (tertiary/aromatic N) is 10. The minimum absolute atomic E-state index is 0. The van der Waals surface area contributed by atoms with Crippen LogP contribution in [0, 0.1) is 40.0 Å². The zero-order valence-electron chi connectivity index (χ0n) is 56.9. The third-order valence-electron chi connectivity index (χ3n) is 11.1. The summed E-state index contributed by atoms with van der Waals surface area (Å²) in [7, 11) is -15.1. The van der Waals surface area contributed by atoms with Gasteiger partial charge in [0, 0.05) is 13.5 Å². The average molecular weight is 1470 g/mol. The van der Waals surface area contributed by atoms with Crippen LogP contribution in [0.5, 0.6) is 0 Å². The molecule has 0 aliphatic heterocycles. The van der Waals surface area contributed by atoms with Gasteiger partial charge in [-0.1, -0.05) is 22.7 Å². The van der Waals surface area contributed by atoms with E-state index in [-0.39, 0.29) is 134 Å². The molecule has 1 aromatic carbocycles. The predicted octanol–water partition coefficient (Wildman–Crippen LogP) is -4.11. The molecule has 0 fully saturated rings. The number of nitrogens with one attached hydrogen (secondary N) is 3. The third-order valence-corrected chi connectivity index (χ3v) is 16.7. The minimum atomic E-state index is -4.34. The summed E-state index contributed by atoms with van der Waals surface area (Å²) in [4.78, 5) is 93.3. The van der Waals surface area contributed by atoms with Crippen LogP contribution in [0.2, 0.25) is 0 Å². The normalized spacial score (nSPS) is 13.0. The molecule has 97 heavy (non-hydrogen) atoms. The molecule has 4 aromatic heterocycles. The quantitative estimate of drug-likeness (QED) is 0.00822.